The van der Waals surface area contributed by atoms with Crippen LogP contribution in [0.15, 0.2) is 41.1 Å². The highest BCUT2D eigenvalue weighted by molar-refractivity contribution is 9.10. The largest absolute Gasteiger partial charge is 0.497 e. The summed E-state index contributed by atoms with van der Waals surface area (Å²) in [5.74, 6) is 0.937. The van der Waals surface area contributed by atoms with E-state index in [4.69, 9.17) is 4.74 Å². The van der Waals surface area contributed by atoms with Crippen LogP contribution in [0.5, 0.6) is 5.75 Å². The van der Waals surface area contributed by atoms with E-state index in [0.717, 1.165) is 35.3 Å². The number of pyridine rings is 1. The van der Waals surface area contributed by atoms with Crippen molar-refractivity contribution in [2.45, 2.75) is 25.3 Å². The summed E-state index contributed by atoms with van der Waals surface area (Å²) in [5, 5.41) is 3.58. The van der Waals surface area contributed by atoms with Gasteiger partial charge in [-0.3, -0.25) is 0 Å². The van der Waals surface area contributed by atoms with E-state index in [-0.39, 0.29) is 0 Å². The molecule has 1 unspecified atom stereocenters. The molecule has 0 aliphatic heterocycles. The van der Waals surface area contributed by atoms with Gasteiger partial charge in [-0.15, -0.1) is 0 Å². The van der Waals surface area contributed by atoms with Crippen molar-refractivity contribution < 1.29 is 4.74 Å². The summed E-state index contributed by atoms with van der Waals surface area (Å²) in [4.78, 5) is 4.25. The van der Waals surface area contributed by atoms with E-state index in [1.807, 2.05) is 12.1 Å². The summed E-state index contributed by atoms with van der Waals surface area (Å²) in [6, 6.07) is 10.8. The fourth-order valence-electron chi connectivity index (χ4n) is 2.70. The molecule has 1 aliphatic rings. The number of methoxy groups -OCH3 is 1. The van der Waals surface area contributed by atoms with E-state index >= 15 is 0 Å². The van der Waals surface area contributed by atoms with Crippen LogP contribution in [-0.2, 0) is 12.8 Å². The second-order valence-electron chi connectivity index (χ2n) is 5.06. The second-order valence-corrected chi connectivity index (χ2v) is 5.81. The minimum Gasteiger partial charge on any atom is -0.497 e. The zero-order chi connectivity index (χ0) is 13.9. The Labute approximate surface area is 127 Å². The average Bonchev–Trinajstić information content (AvgIpc) is 2.49. The first-order chi connectivity index (χ1) is 9.76. The van der Waals surface area contributed by atoms with E-state index < -0.39 is 0 Å². The number of anilines is 1. The Balaban J connectivity index is 1.76. The molecule has 0 spiro atoms. The zero-order valence-electron chi connectivity index (χ0n) is 11.4. The fraction of sp³-hybridized carbons (Fsp3) is 0.312. The Morgan fingerprint density at radius 1 is 1.30 bits per heavy atom. The molecule has 1 aliphatic carbocycles. The predicted octanol–water partition coefficient (Wildman–Crippen LogP) is 3.82. The van der Waals surface area contributed by atoms with E-state index in [1.54, 1.807) is 13.3 Å². The van der Waals surface area contributed by atoms with Crippen LogP contribution in [0.4, 0.5) is 5.69 Å². The fourth-order valence-corrected chi connectivity index (χ4v) is 3.06. The van der Waals surface area contributed by atoms with Crippen LogP contribution in [0.2, 0.25) is 0 Å². The number of hydrogen-bond acceptors (Lipinski definition) is 3. The van der Waals surface area contributed by atoms with Gasteiger partial charge in [0.05, 0.1) is 12.8 Å². The molecular formula is C16H17BrN2O. The third-order valence-electron chi connectivity index (χ3n) is 3.76. The maximum Gasteiger partial charge on any atom is 0.129 e. The standard InChI is InChI=1S/C16H17BrN2O/c1-20-14-7-5-11-4-6-13(9-12(11)10-14)19-15-3-2-8-18-16(15)17/h2-3,5,7-8,10,13,19H,4,6,9H2,1H3. The van der Waals surface area contributed by atoms with Crippen molar-refractivity contribution in [2.24, 2.45) is 0 Å². The van der Waals surface area contributed by atoms with Gasteiger partial charge >= 0.3 is 0 Å². The van der Waals surface area contributed by atoms with Crippen LogP contribution in [0, 0.1) is 0 Å². The van der Waals surface area contributed by atoms with Gasteiger partial charge in [-0.05, 0) is 70.6 Å². The van der Waals surface area contributed by atoms with E-state index in [1.165, 1.54) is 11.1 Å². The molecule has 1 N–H and O–H groups in total. The third-order valence-corrected chi connectivity index (χ3v) is 4.39. The highest BCUT2D eigenvalue weighted by Crippen LogP contribution is 2.28. The van der Waals surface area contributed by atoms with Crippen LogP contribution in [0.1, 0.15) is 17.5 Å². The molecule has 3 rings (SSSR count). The Morgan fingerprint density at radius 3 is 3.00 bits per heavy atom. The lowest BCUT2D eigenvalue weighted by Gasteiger charge is -2.27. The van der Waals surface area contributed by atoms with Crippen LogP contribution < -0.4 is 10.1 Å². The van der Waals surface area contributed by atoms with E-state index in [0.29, 0.717) is 6.04 Å². The van der Waals surface area contributed by atoms with Crippen molar-refractivity contribution in [2.75, 3.05) is 12.4 Å². The third kappa shape index (κ3) is 2.80. The summed E-state index contributed by atoms with van der Waals surface area (Å²) in [6.07, 6.45) is 5.06. The monoisotopic (exact) mass is 332 g/mol. The molecule has 3 nitrogen and oxygen atoms in total. The van der Waals surface area contributed by atoms with Crippen LogP contribution >= 0.6 is 15.9 Å². The number of fused-ring (bicyclic) bond motifs is 1. The van der Waals surface area contributed by atoms with Gasteiger partial charge in [0.25, 0.3) is 0 Å². The average molecular weight is 333 g/mol. The number of halogens is 1. The predicted molar refractivity (Wildman–Crippen MR) is 84.4 cm³/mol. The Hall–Kier alpha value is -1.55. The van der Waals surface area contributed by atoms with Crippen molar-refractivity contribution in [3.05, 3.63) is 52.3 Å². The van der Waals surface area contributed by atoms with E-state index in [2.05, 4.69) is 44.4 Å². The van der Waals surface area contributed by atoms with Gasteiger partial charge in [-0.2, -0.15) is 0 Å². The molecule has 0 saturated carbocycles. The molecule has 4 heteroatoms. The van der Waals surface area contributed by atoms with Crippen molar-refractivity contribution >= 4 is 21.6 Å². The number of aromatic nitrogens is 1. The molecule has 1 atom stereocenters. The Morgan fingerprint density at radius 2 is 2.20 bits per heavy atom. The molecule has 0 amide bonds. The maximum absolute atomic E-state index is 5.31. The number of aryl methyl sites for hydroxylation is 1. The molecule has 104 valence electrons. The van der Waals surface area contributed by atoms with Crippen molar-refractivity contribution in [1.29, 1.82) is 0 Å². The SMILES string of the molecule is COc1ccc2c(c1)CC(Nc1cccnc1Br)CC2. The minimum absolute atomic E-state index is 0.440. The maximum atomic E-state index is 5.31. The molecule has 0 fully saturated rings. The summed E-state index contributed by atoms with van der Waals surface area (Å²) in [5.41, 5.74) is 3.88. The van der Waals surface area contributed by atoms with Crippen LogP contribution in [0.3, 0.4) is 0 Å². The van der Waals surface area contributed by atoms with Crippen LogP contribution in [-0.4, -0.2) is 18.1 Å². The Bertz CT molecular complexity index is 615. The summed E-state index contributed by atoms with van der Waals surface area (Å²) in [6.45, 7) is 0. The molecule has 1 heterocycles. The van der Waals surface area contributed by atoms with Crippen LogP contribution in [0.25, 0.3) is 0 Å². The number of rotatable bonds is 3. The quantitative estimate of drug-likeness (QED) is 0.867. The van der Waals surface area contributed by atoms with Crippen molar-refractivity contribution in [3.8, 4) is 5.75 Å². The highest BCUT2D eigenvalue weighted by Gasteiger charge is 2.19. The molecule has 0 radical (unpaired) electrons. The summed E-state index contributed by atoms with van der Waals surface area (Å²) in [7, 11) is 1.72. The van der Waals surface area contributed by atoms with Gasteiger partial charge in [0.1, 0.15) is 10.4 Å². The minimum atomic E-state index is 0.440. The highest BCUT2D eigenvalue weighted by atomic mass is 79.9. The number of benzene rings is 1. The second kappa shape index (κ2) is 5.83. The number of ether oxygens (including phenoxy) is 1. The molecule has 0 saturated heterocycles. The lowest BCUT2D eigenvalue weighted by atomic mass is 9.88. The summed E-state index contributed by atoms with van der Waals surface area (Å²) >= 11 is 3.48. The van der Waals surface area contributed by atoms with E-state index in [9.17, 15) is 0 Å². The molecule has 1 aromatic heterocycles. The Kier molecular flexibility index (Phi) is 3.92. The van der Waals surface area contributed by atoms with Gasteiger partial charge < -0.3 is 10.1 Å². The smallest absolute Gasteiger partial charge is 0.129 e. The zero-order valence-corrected chi connectivity index (χ0v) is 13.0. The molecule has 1 aromatic carbocycles. The molecule has 0 bridgehead atoms. The van der Waals surface area contributed by atoms with Crippen molar-refractivity contribution in [3.63, 3.8) is 0 Å². The number of hydrogen-bond donors (Lipinski definition) is 1. The number of nitrogens with zero attached hydrogens (tertiary/aromatic N) is 1. The van der Waals surface area contributed by atoms with Gasteiger partial charge in [-0.1, -0.05) is 6.07 Å². The molecule has 2 aromatic rings. The summed E-state index contributed by atoms with van der Waals surface area (Å²) < 4.78 is 6.19. The molecule has 20 heavy (non-hydrogen) atoms. The molecular weight excluding hydrogens is 316 g/mol. The topological polar surface area (TPSA) is 34.1 Å². The first-order valence-electron chi connectivity index (χ1n) is 6.79. The van der Waals surface area contributed by atoms with Gasteiger partial charge in [0, 0.05) is 12.2 Å². The lowest BCUT2D eigenvalue weighted by molar-refractivity contribution is 0.413. The van der Waals surface area contributed by atoms with Gasteiger partial charge in [0.2, 0.25) is 0 Å². The first-order valence-corrected chi connectivity index (χ1v) is 7.58. The van der Waals surface area contributed by atoms with Crippen molar-refractivity contribution in [1.82, 2.24) is 4.98 Å². The number of nitrogens with one attached hydrogen (secondary N) is 1. The van der Waals surface area contributed by atoms with Gasteiger partial charge in [0.15, 0.2) is 0 Å². The normalized spacial score (nSPS) is 17.4. The lowest BCUT2D eigenvalue weighted by Crippen LogP contribution is -2.27. The van der Waals surface area contributed by atoms with Gasteiger partial charge in [-0.25, -0.2) is 4.98 Å². The first kappa shape index (κ1) is 13.4.